The maximum Gasteiger partial charge on any atom is 0.219 e. The van der Waals surface area contributed by atoms with Gasteiger partial charge in [0.1, 0.15) is 5.75 Å². The lowest BCUT2D eigenvalue weighted by Crippen LogP contribution is -2.18. The molecule has 1 rings (SSSR count). The molecule has 0 aliphatic carbocycles. The molecule has 0 unspecified atom stereocenters. The number of hydrogen-bond acceptors (Lipinski definition) is 3. The van der Waals surface area contributed by atoms with Crippen molar-refractivity contribution in [2.75, 3.05) is 13.7 Å². The van der Waals surface area contributed by atoms with E-state index in [1.807, 2.05) is 0 Å². The van der Waals surface area contributed by atoms with Gasteiger partial charge in [-0.05, 0) is 18.6 Å². The van der Waals surface area contributed by atoms with E-state index in [9.17, 15) is 4.79 Å². The van der Waals surface area contributed by atoms with Gasteiger partial charge in [-0.1, -0.05) is 17.7 Å². The summed E-state index contributed by atoms with van der Waals surface area (Å²) in [6.07, 6.45) is 1.04. The van der Waals surface area contributed by atoms with E-state index in [0.29, 0.717) is 35.8 Å². The first-order valence-corrected chi connectivity index (χ1v) is 5.78. The quantitative estimate of drug-likeness (QED) is 0.763. The van der Waals surface area contributed by atoms with Crippen LogP contribution in [-0.2, 0) is 11.4 Å². The highest BCUT2D eigenvalue weighted by atomic mass is 35.5. The molecule has 17 heavy (non-hydrogen) atoms. The van der Waals surface area contributed by atoms with Crippen LogP contribution in [0.3, 0.4) is 0 Å². The molecule has 5 heteroatoms. The molecule has 2 N–H and O–H groups in total. The molecule has 0 atom stereocenters. The number of aliphatic hydroxyl groups excluding tert-OH is 1. The number of rotatable bonds is 6. The van der Waals surface area contributed by atoms with Crippen molar-refractivity contribution in [1.82, 2.24) is 5.32 Å². The molecule has 0 aliphatic heterocycles. The van der Waals surface area contributed by atoms with Crippen molar-refractivity contribution in [3.8, 4) is 5.75 Å². The fourth-order valence-corrected chi connectivity index (χ4v) is 1.59. The second kappa shape index (κ2) is 7.14. The summed E-state index contributed by atoms with van der Waals surface area (Å²) in [6.45, 7) is 0.255. The van der Waals surface area contributed by atoms with Crippen molar-refractivity contribution in [2.45, 2.75) is 19.4 Å². The highest BCUT2D eigenvalue weighted by Gasteiger charge is 2.07. The molecule has 1 aromatic rings. The second-order valence-electron chi connectivity index (χ2n) is 3.50. The third kappa shape index (κ3) is 4.24. The zero-order chi connectivity index (χ0) is 12.7. The topological polar surface area (TPSA) is 58.6 Å². The summed E-state index contributed by atoms with van der Waals surface area (Å²) < 4.78 is 5.48. The molecule has 0 saturated heterocycles. The van der Waals surface area contributed by atoms with Crippen LogP contribution in [-0.4, -0.2) is 24.7 Å². The van der Waals surface area contributed by atoms with Gasteiger partial charge in [-0.15, -0.1) is 0 Å². The van der Waals surface area contributed by atoms with E-state index in [2.05, 4.69) is 5.32 Å². The average Bonchev–Trinajstić information content (AvgIpc) is 2.34. The van der Waals surface area contributed by atoms with E-state index in [4.69, 9.17) is 21.4 Å². The van der Waals surface area contributed by atoms with Crippen LogP contribution in [0.1, 0.15) is 18.4 Å². The van der Waals surface area contributed by atoms with Crippen LogP contribution in [0.15, 0.2) is 18.2 Å². The maximum absolute atomic E-state index is 11.0. The maximum atomic E-state index is 11.0. The summed E-state index contributed by atoms with van der Waals surface area (Å²) in [5, 5.41) is 12.2. The van der Waals surface area contributed by atoms with E-state index < -0.39 is 0 Å². The van der Waals surface area contributed by atoms with Crippen LogP contribution in [0.25, 0.3) is 0 Å². The normalized spacial score (nSPS) is 10.1. The predicted molar refractivity (Wildman–Crippen MR) is 66.2 cm³/mol. The van der Waals surface area contributed by atoms with Gasteiger partial charge >= 0.3 is 0 Å². The molecule has 4 nitrogen and oxygen atoms in total. The fraction of sp³-hybridized carbons (Fsp3) is 0.417. The Morgan fingerprint density at radius 2 is 2.29 bits per heavy atom. The first kappa shape index (κ1) is 13.8. The van der Waals surface area contributed by atoms with Crippen LogP contribution < -0.4 is 10.1 Å². The molecular weight excluding hydrogens is 242 g/mol. The van der Waals surface area contributed by atoms with Crippen LogP contribution >= 0.6 is 11.6 Å². The predicted octanol–water partition coefficient (Wildman–Crippen LogP) is 1.74. The molecule has 0 spiro atoms. The lowest BCUT2D eigenvalue weighted by molar-refractivity contribution is -0.120. The Morgan fingerprint density at radius 1 is 1.53 bits per heavy atom. The lowest BCUT2D eigenvalue weighted by Gasteiger charge is -2.10. The zero-order valence-corrected chi connectivity index (χ0v) is 10.5. The molecule has 0 saturated carbocycles. The Labute approximate surface area is 106 Å². The third-order valence-corrected chi connectivity index (χ3v) is 2.67. The largest absolute Gasteiger partial charge is 0.493 e. The van der Waals surface area contributed by atoms with Crippen molar-refractivity contribution in [1.29, 1.82) is 0 Å². The highest BCUT2D eigenvalue weighted by Crippen LogP contribution is 2.26. The van der Waals surface area contributed by atoms with Crippen LogP contribution in [0.2, 0.25) is 5.02 Å². The summed E-state index contributed by atoms with van der Waals surface area (Å²) in [7, 11) is 1.60. The summed E-state index contributed by atoms with van der Waals surface area (Å²) in [6, 6.07) is 5.21. The smallest absolute Gasteiger partial charge is 0.219 e. The number of carbonyl (C=O) groups is 1. The van der Waals surface area contributed by atoms with Gasteiger partial charge in [0.25, 0.3) is 0 Å². The van der Waals surface area contributed by atoms with Crippen LogP contribution in [0.4, 0.5) is 0 Å². The van der Waals surface area contributed by atoms with E-state index in [0.717, 1.165) is 0 Å². The average molecular weight is 258 g/mol. The molecule has 0 aliphatic rings. The molecule has 0 heterocycles. The third-order valence-electron chi connectivity index (χ3n) is 2.32. The molecule has 0 fully saturated rings. The molecule has 1 amide bonds. The number of halogens is 1. The van der Waals surface area contributed by atoms with Gasteiger partial charge in [-0.25, -0.2) is 0 Å². The Morgan fingerprint density at radius 3 is 2.94 bits per heavy atom. The lowest BCUT2D eigenvalue weighted by atomic mass is 10.2. The van der Waals surface area contributed by atoms with Crippen LogP contribution in [0.5, 0.6) is 5.75 Å². The van der Waals surface area contributed by atoms with Gasteiger partial charge in [0.2, 0.25) is 5.91 Å². The van der Waals surface area contributed by atoms with Gasteiger partial charge in [0.15, 0.2) is 0 Å². The Kier molecular flexibility index (Phi) is 5.80. The van der Waals surface area contributed by atoms with Gasteiger partial charge in [0, 0.05) is 24.1 Å². The van der Waals surface area contributed by atoms with Crippen molar-refractivity contribution in [2.24, 2.45) is 0 Å². The first-order valence-electron chi connectivity index (χ1n) is 5.40. The highest BCUT2D eigenvalue weighted by molar-refractivity contribution is 6.31. The fourth-order valence-electron chi connectivity index (χ4n) is 1.37. The number of aliphatic hydroxyl groups is 1. The summed E-state index contributed by atoms with van der Waals surface area (Å²) in [5.74, 6) is 0.555. The standard InChI is InChI=1S/C12H16ClNO3/c1-14-12(16)6-3-7-17-11-5-2-4-10(13)9(11)8-15/h2,4-5,15H,3,6-8H2,1H3,(H,14,16). The number of hydrogen-bond donors (Lipinski definition) is 2. The molecule has 0 bridgehead atoms. The van der Waals surface area contributed by atoms with Crippen molar-refractivity contribution >= 4 is 17.5 Å². The molecule has 0 radical (unpaired) electrons. The number of nitrogens with one attached hydrogen (secondary N) is 1. The minimum atomic E-state index is -0.162. The van der Waals surface area contributed by atoms with Gasteiger partial charge in [-0.3, -0.25) is 4.79 Å². The summed E-state index contributed by atoms with van der Waals surface area (Å²) >= 11 is 5.91. The number of carbonyl (C=O) groups excluding carboxylic acids is 1. The summed E-state index contributed by atoms with van der Waals surface area (Å²) in [4.78, 5) is 11.0. The molecule has 0 aromatic heterocycles. The van der Waals surface area contributed by atoms with Gasteiger partial charge in [-0.2, -0.15) is 0 Å². The Bertz CT molecular complexity index is 382. The second-order valence-corrected chi connectivity index (χ2v) is 3.91. The molecule has 94 valence electrons. The van der Waals surface area contributed by atoms with Crippen molar-refractivity contribution in [3.05, 3.63) is 28.8 Å². The molecule has 1 aromatic carbocycles. The zero-order valence-electron chi connectivity index (χ0n) is 9.70. The van der Waals surface area contributed by atoms with Crippen molar-refractivity contribution in [3.63, 3.8) is 0 Å². The SMILES string of the molecule is CNC(=O)CCCOc1cccc(Cl)c1CO. The Balaban J connectivity index is 2.46. The Hall–Kier alpha value is -1.26. The molecular formula is C12H16ClNO3. The van der Waals surface area contributed by atoms with E-state index in [-0.39, 0.29) is 12.5 Å². The van der Waals surface area contributed by atoms with E-state index >= 15 is 0 Å². The number of ether oxygens (including phenoxy) is 1. The van der Waals surface area contributed by atoms with Gasteiger partial charge in [0.05, 0.1) is 13.2 Å². The number of amides is 1. The van der Waals surface area contributed by atoms with E-state index in [1.165, 1.54) is 0 Å². The first-order chi connectivity index (χ1) is 8.19. The van der Waals surface area contributed by atoms with Gasteiger partial charge < -0.3 is 15.2 Å². The minimum Gasteiger partial charge on any atom is -0.493 e. The number of benzene rings is 1. The van der Waals surface area contributed by atoms with Crippen LogP contribution in [0, 0.1) is 0 Å². The summed E-state index contributed by atoms with van der Waals surface area (Å²) in [5.41, 5.74) is 0.578. The van der Waals surface area contributed by atoms with E-state index in [1.54, 1.807) is 25.2 Å². The monoisotopic (exact) mass is 257 g/mol. The van der Waals surface area contributed by atoms with Crippen molar-refractivity contribution < 1.29 is 14.6 Å². The minimum absolute atomic E-state index is 0.0120.